The van der Waals surface area contributed by atoms with E-state index in [0.717, 1.165) is 10.4 Å². The molecule has 0 bridgehead atoms. The average molecular weight is 160 g/mol. The lowest BCUT2D eigenvalue weighted by Crippen LogP contribution is -2.27. The van der Waals surface area contributed by atoms with Crippen LogP contribution in [0.15, 0.2) is 25.0 Å². The van der Waals surface area contributed by atoms with E-state index >= 15 is 0 Å². The molecule has 0 aromatic carbocycles. The van der Waals surface area contributed by atoms with E-state index in [4.69, 9.17) is 0 Å². The number of allylic oxidation sites excluding steroid dienone is 1. The summed E-state index contributed by atoms with van der Waals surface area (Å²) in [5.74, 6) is 0. The first-order valence-electron chi connectivity index (χ1n) is 3.82. The molecule has 62 valence electrons. The van der Waals surface area contributed by atoms with Gasteiger partial charge in [-0.25, -0.2) is 0 Å². The second-order valence-corrected chi connectivity index (χ2v) is 2.76. The van der Waals surface area contributed by atoms with E-state index in [9.17, 15) is 0 Å². The zero-order chi connectivity index (χ0) is 8.97. The Morgan fingerprint density at radius 3 is 2.58 bits per heavy atom. The first kappa shape index (κ1) is 8.65. The van der Waals surface area contributed by atoms with Gasteiger partial charge in [-0.15, -0.1) is 0 Å². The molecule has 0 radical (unpaired) electrons. The van der Waals surface area contributed by atoms with Crippen LogP contribution in [0.1, 0.15) is 13.8 Å². The van der Waals surface area contributed by atoms with Crippen LogP contribution in [0.4, 0.5) is 0 Å². The monoisotopic (exact) mass is 160 g/mol. The van der Waals surface area contributed by atoms with Crippen molar-refractivity contribution in [3.05, 3.63) is 35.5 Å². The Hall–Kier alpha value is -1.44. The Morgan fingerprint density at radius 1 is 1.33 bits per heavy atom. The highest BCUT2D eigenvalue weighted by Gasteiger charge is 1.86. The van der Waals surface area contributed by atoms with E-state index in [0.29, 0.717) is 0 Å². The molecule has 12 heavy (non-hydrogen) atoms. The van der Waals surface area contributed by atoms with Crippen LogP contribution in [0.3, 0.4) is 0 Å². The van der Waals surface area contributed by atoms with Crippen molar-refractivity contribution < 1.29 is 0 Å². The summed E-state index contributed by atoms with van der Waals surface area (Å²) in [5.41, 5.74) is 1.23. The van der Waals surface area contributed by atoms with Gasteiger partial charge in [0.2, 0.25) is 0 Å². The van der Waals surface area contributed by atoms with Crippen molar-refractivity contribution in [2.24, 2.45) is 0 Å². The largest absolute Gasteiger partial charge is 0.158 e. The number of rotatable bonds is 1. The lowest BCUT2D eigenvalue weighted by atomic mass is 10.2. The molecular formula is C10H12N2. The van der Waals surface area contributed by atoms with Crippen molar-refractivity contribution in [3.8, 4) is 0 Å². The Bertz CT molecular complexity index is 387. The highest BCUT2D eigenvalue weighted by Crippen LogP contribution is 1.80. The van der Waals surface area contributed by atoms with Crippen molar-refractivity contribution in [1.29, 1.82) is 0 Å². The Balaban J connectivity index is 3.60. The van der Waals surface area contributed by atoms with Gasteiger partial charge in [-0.05, 0) is 13.8 Å². The highest BCUT2D eigenvalue weighted by atomic mass is 15.1. The van der Waals surface area contributed by atoms with Gasteiger partial charge >= 0.3 is 0 Å². The third-order valence-electron chi connectivity index (χ3n) is 1.60. The van der Waals surface area contributed by atoms with Gasteiger partial charge in [0.1, 0.15) is 0 Å². The Kier molecular flexibility index (Phi) is 2.75. The molecule has 0 amide bonds. The molecule has 0 N–H and O–H groups in total. The maximum Gasteiger partial charge on any atom is 0.0574 e. The highest BCUT2D eigenvalue weighted by molar-refractivity contribution is 5.42. The summed E-state index contributed by atoms with van der Waals surface area (Å²) in [6.45, 7) is 7.75. The molecule has 0 aliphatic rings. The Morgan fingerprint density at radius 2 is 2.00 bits per heavy atom. The van der Waals surface area contributed by atoms with E-state index in [1.165, 1.54) is 5.57 Å². The smallest absolute Gasteiger partial charge is 0.0574 e. The minimum absolute atomic E-state index is 1.07. The van der Waals surface area contributed by atoms with Gasteiger partial charge < -0.3 is 0 Å². The second-order valence-electron chi connectivity index (χ2n) is 2.76. The summed E-state index contributed by atoms with van der Waals surface area (Å²) in [5, 5.41) is 9.83. The fourth-order valence-electron chi connectivity index (χ4n) is 1.01. The number of aromatic nitrogens is 2. The van der Waals surface area contributed by atoms with Gasteiger partial charge in [0.15, 0.2) is 0 Å². The fraction of sp³-hybridized carbons (Fsp3) is 0.200. The normalized spacial score (nSPS) is 11.3. The zero-order valence-corrected chi connectivity index (χ0v) is 7.41. The summed E-state index contributed by atoms with van der Waals surface area (Å²) in [6, 6.07) is 0. The fourth-order valence-corrected chi connectivity index (χ4v) is 1.01. The molecule has 0 atom stereocenters. The maximum atomic E-state index is 3.82. The predicted molar refractivity (Wildman–Crippen MR) is 50.7 cm³/mol. The van der Waals surface area contributed by atoms with Crippen molar-refractivity contribution in [3.63, 3.8) is 0 Å². The molecule has 1 aromatic heterocycles. The summed E-state index contributed by atoms with van der Waals surface area (Å²) < 4.78 is 0. The minimum atomic E-state index is 1.07. The van der Waals surface area contributed by atoms with Crippen LogP contribution < -0.4 is 10.4 Å². The molecule has 0 unspecified atom stereocenters. The summed E-state index contributed by atoms with van der Waals surface area (Å²) >= 11 is 0. The summed E-state index contributed by atoms with van der Waals surface area (Å²) in [4.78, 5) is 0. The molecule has 2 heteroatoms. The maximum absolute atomic E-state index is 3.82. The van der Waals surface area contributed by atoms with E-state index in [1.54, 1.807) is 18.5 Å². The minimum Gasteiger partial charge on any atom is -0.158 e. The number of nitrogens with zero attached hydrogens (tertiary/aromatic N) is 2. The van der Waals surface area contributed by atoms with Gasteiger partial charge in [0, 0.05) is 10.4 Å². The van der Waals surface area contributed by atoms with Gasteiger partial charge in [-0.1, -0.05) is 24.3 Å². The summed E-state index contributed by atoms with van der Waals surface area (Å²) in [6.07, 6.45) is 7.19. The van der Waals surface area contributed by atoms with Crippen molar-refractivity contribution >= 4 is 11.6 Å². The first-order chi connectivity index (χ1) is 5.75. The van der Waals surface area contributed by atoms with Crippen molar-refractivity contribution in [2.75, 3.05) is 0 Å². The molecule has 0 saturated heterocycles. The second kappa shape index (κ2) is 3.81. The van der Waals surface area contributed by atoms with Gasteiger partial charge in [-0.3, -0.25) is 0 Å². The van der Waals surface area contributed by atoms with Crippen LogP contribution in [0.2, 0.25) is 0 Å². The van der Waals surface area contributed by atoms with Crippen molar-refractivity contribution in [2.45, 2.75) is 13.8 Å². The van der Waals surface area contributed by atoms with Crippen LogP contribution in [0.25, 0.3) is 11.6 Å². The molecule has 0 aliphatic heterocycles. The van der Waals surface area contributed by atoms with Crippen LogP contribution in [0.5, 0.6) is 0 Å². The molecule has 1 aromatic rings. The van der Waals surface area contributed by atoms with Crippen LogP contribution >= 0.6 is 0 Å². The predicted octanol–water partition coefficient (Wildman–Crippen LogP) is 0.634. The molecule has 1 heterocycles. The molecule has 0 saturated carbocycles. The molecule has 2 nitrogen and oxygen atoms in total. The molecule has 0 fully saturated rings. The van der Waals surface area contributed by atoms with E-state index in [-0.39, 0.29) is 0 Å². The lowest BCUT2D eigenvalue weighted by molar-refractivity contribution is 1.00. The molecule has 0 aliphatic carbocycles. The topological polar surface area (TPSA) is 25.8 Å². The third kappa shape index (κ3) is 1.78. The number of hydrogen-bond donors (Lipinski definition) is 0. The third-order valence-corrected chi connectivity index (χ3v) is 1.60. The molecule has 0 spiro atoms. The van der Waals surface area contributed by atoms with Gasteiger partial charge in [-0.2, -0.15) is 10.2 Å². The van der Waals surface area contributed by atoms with Crippen molar-refractivity contribution in [1.82, 2.24) is 10.2 Å². The molecule has 1 rings (SSSR count). The van der Waals surface area contributed by atoms with Crippen LogP contribution in [-0.2, 0) is 0 Å². The van der Waals surface area contributed by atoms with E-state index in [2.05, 4.69) is 30.6 Å². The molecular weight excluding hydrogens is 148 g/mol. The van der Waals surface area contributed by atoms with Crippen LogP contribution in [-0.4, -0.2) is 10.2 Å². The SMILES string of the molecule is C=C/C=c1/cnncc1=C(C)C. The summed E-state index contributed by atoms with van der Waals surface area (Å²) in [7, 11) is 0. The van der Waals surface area contributed by atoms with Gasteiger partial charge in [0.25, 0.3) is 0 Å². The standard InChI is InChI=1S/C10H12N2/c1-4-5-9-6-11-12-7-10(9)8(2)3/h4-7H,1H2,2-3H3/b9-5-. The lowest BCUT2D eigenvalue weighted by Gasteiger charge is -1.90. The van der Waals surface area contributed by atoms with Gasteiger partial charge in [0.05, 0.1) is 12.4 Å². The first-order valence-corrected chi connectivity index (χ1v) is 3.82. The van der Waals surface area contributed by atoms with E-state index in [1.807, 2.05) is 6.08 Å². The van der Waals surface area contributed by atoms with E-state index < -0.39 is 0 Å². The zero-order valence-electron chi connectivity index (χ0n) is 7.41. The average Bonchev–Trinajstić information content (AvgIpc) is 2.05. The Labute approximate surface area is 72.0 Å². The number of hydrogen-bond acceptors (Lipinski definition) is 2. The van der Waals surface area contributed by atoms with Crippen LogP contribution in [0, 0.1) is 0 Å². The quantitative estimate of drug-likeness (QED) is 0.602.